The third-order valence-electron chi connectivity index (χ3n) is 4.62. The summed E-state index contributed by atoms with van der Waals surface area (Å²) in [4.78, 5) is 8.98. The SMILES string of the molecule is Cc1nc(N)c2c(-c3ccc4c(c3F)CCN4)nc(C)n2c1C.Cl. The van der Waals surface area contributed by atoms with Crippen LogP contribution in [0.2, 0.25) is 0 Å². The fourth-order valence-electron chi connectivity index (χ4n) is 3.38. The zero-order valence-electron chi connectivity index (χ0n) is 13.8. The first-order chi connectivity index (χ1) is 11.0. The fourth-order valence-corrected chi connectivity index (χ4v) is 3.38. The molecule has 0 spiro atoms. The highest BCUT2D eigenvalue weighted by atomic mass is 35.5. The molecule has 0 aliphatic carbocycles. The Morgan fingerprint density at radius 1 is 1.21 bits per heavy atom. The highest BCUT2D eigenvalue weighted by Gasteiger charge is 2.23. The number of halogens is 2. The number of aryl methyl sites for hydroxylation is 3. The second-order valence-electron chi connectivity index (χ2n) is 5.99. The van der Waals surface area contributed by atoms with Crippen molar-refractivity contribution in [2.45, 2.75) is 27.2 Å². The van der Waals surface area contributed by atoms with Gasteiger partial charge in [-0.1, -0.05) is 0 Å². The second-order valence-corrected chi connectivity index (χ2v) is 5.99. The molecule has 0 atom stereocenters. The lowest BCUT2D eigenvalue weighted by atomic mass is 10.0. The Morgan fingerprint density at radius 3 is 2.71 bits per heavy atom. The molecule has 0 saturated carbocycles. The average molecular weight is 348 g/mol. The Labute approximate surface area is 145 Å². The zero-order valence-corrected chi connectivity index (χ0v) is 14.6. The van der Waals surface area contributed by atoms with E-state index in [1.54, 1.807) is 6.07 Å². The van der Waals surface area contributed by atoms with Crippen LogP contribution in [-0.2, 0) is 6.42 Å². The number of nitrogens with zero attached hydrogens (tertiary/aromatic N) is 3. The quantitative estimate of drug-likeness (QED) is 0.707. The van der Waals surface area contributed by atoms with Crippen molar-refractivity contribution in [1.82, 2.24) is 14.4 Å². The maximum atomic E-state index is 15.0. The summed E-state index contributed by atoms with van der Waals surface area (Å²) >= 11 is 0. The van der Waals surface area contributed by atoms with Gasteiger partial charge in [0.25, 0.3) is 0 Å². The Hall–Kier alpha value is -2.34. The van der Waals surface area contributed by atoms with E-state index in [0.717, 1.165) is 35.0 Å². The van der Waals surface area contributed by atoms with E-state index >= 15 is 0 Å². The Bertz CT molecular complexity index is 964. The van der Waals surface area contributed by atoms with Crippen molar-refractivity contribution >= 4 is 29.4 Å². The smallest absolute Gasteiger partial charge is 0.150 e. The van der Waals surface area contributed by atoms with Crippen molar-refractivity contribution in [2.75, 3.05) is 17.6 Å². The predicted molar refractivity (Wildman–Crippen MR) is 96.4 cm³/mol. The number of nitrogens with one attached hydrogen (secondary N) is 1. The van der Waals surface area contributed by atoms with Gasteiger partial charge >= 0.3 is 0 Å². The highest BCUT2D eigenvalue weighted by Crippen LogP contribution is 2.36. The monoisotopic (exact) mass is 347 g/mol. The van der Waals surface area contributed by atoms with E-state index in [9.17, 15) is 4.39 Å². The number of hydrogen-bond acceptors (Lipinski definition) is 4. The predicted octanol–water partition coefficient (Wildman–Crippen LogP) is 3.43. The minimum absolute atomic E-state index is 0. The van der Waals surface area contributed by atoms with Crippen LogP contribution >= 0.6 is 12.4 Å². The number of rotatable bonds is 1. The van der Waals surface area contributed by atoms with E-state index in [1.165, 1.54) is 0 Å². The van der Waals surface area contributed by atoms with Gasteiger partial charge in [0.05, 0.1) is 5.69 Å². The van der Waals surface area contributed by atoms with Gasteiger partial charge in [0.2, 0.25) is 0 Å². The minimum Gasteiger partial charge on any atom is -0.384 e. The lowest BCUT2D eigenvalue weighted by Gasteiger charge is -2.10. The van der Waals surface area contributed by atoms with Crippen molar-refractivity contribution < 1.29 is 4.39 Å². The molecule has 2 aromatic heterocycles. The van der Waals surface area contributed by atoms with E-state index in [4.69, 9.17) is 5.73 Å². The summed E-state index contributed by atoms with van der Waals surface area (Å²) in [5.41, 5.74) is 11.2. The molecule has 0 fully saturated rings. The van der Waals surface area contributed by atoms with Gasteiger partial charge in [0.15, 0.2) is 0 Å². The molecule has 126 valence electrons. The van der Waals surface area contributed by atoms with Gasteiger partial charge in [-0.15, -0.1) is 12.4 Å². The molecule has 1 aliphatic heterocycles. The van der Waals surface area contributed by atoms with Gasteiger partial charge in [-0.05, 0) is 39.3 Å². The number of benzene rings is 1. The average Bonchev–Trinajstić information content (AvgIpc) is 3.10. The molecule has 3 heterocycles. The largest absolute Gasteiger partial charge is 0.384 e. The molecule has 7 heteroatoms. The molecule has 0 unspecified atom stereocenters. The molecule has 0 radical (unpaired) electrons. The van der Waals surface area contributed by atoms with E-state index in [1.807, 2.05) is 31.2 Å². The van der Waals surface area contributed by atoms with Crippen LogP contribution in [0.5, 0.6) is 0 Å². The van der Waals surface area contributed by atoms with Crippen LogP contribution in [0.1, 0.15) is 22.8 Å². The maximum absolute atomic E-state index is 15.0. The molecule has 3 aromatic rings. The molecular formula is C17H19ClFN5. The molecule has 5 nitrogen and oxygen atoms in total. The number of aromatic nitrogens is 3. The summed E-state index contributed by atoms with van der Waals surface area (Å²) in [6, 6.07) is 3.68. The molecule has 24 heavy (non-hydrogen) atoms. The lowest BCUT2D eigenvalue weighted by molar-refractivity contribution is 0.618. The van der Waals surface area contributed by atoms with Gasteiger partial charge in [-0.25, -0.2) is 14.4 Å². The van der Waals surface area contributed by atoms with E-state index in [-0.39, 0.29) is 18.2 Å². The summed E-state index contributed by atoms with van der Waals surface area (Å²) in [5.74, 6) is 0.939. The molecule has 3 N–H and O–H groups in total. The number of nitrogens with two attached hydrogens (primary N) is 1. The Balaban J connectivity index is 0.00000169. The first-order valence-electron chi connectivity index (χ1n) is 7.66. The standard InChI is InChI=1S/C17H18FN5.ClH/c1-8-9(2)23-10(3)22-15(16(23)17(19)21-8)12-4-5-13-11(14(12)18)6-7-20-13;/h4-5,20H,6-7H2,1-3H3,(H2,19,21);1H. The van der Waals surface area contributed by atoms with E-state index in [2.05, 4.69) is 15.3 Å². The normalized spacial score (nSPS) is 12.8. The third-order valence-corrected chi connectivity index (χ3v) is 4.62. The molecular weight excluding hydrogens is 329 g/mol. The first kappa shape index (κ1) is 16.5. The van der Waals surface area contributed by atoms with Crippen LogP contribution in [0.15, 0.2) is 12.1 Å². The van der Waals surface area contributed by atoms with Crippen molar-refractivity contribution in [3.63, 3.8) is 0 Å². The summed E-state index contributed by atoms with van der Waals surface area (Å²) in [5, 5.41) is 3.19. The molecule has 4 rings (SSSR count). The van der Waals surface area contributed by atoms with E-state index in [0.29, 0.717) is 29.0 Å². The first-order valence-corrected chi connectivity index (χ1v) is 7.66. The van der Waals surface area contributed by atoms with Crippen molar-refractivity contribution in [3.8, 4) is 11.3 Å². The Kier molecular flexibility index (Phi) is 3.87. The van der Waals surface area contributed by atoms with Gasteiger partial charge < -0.3 is 11.1 Å². The summed E-state index contributed by atoms with van der Waals surface area (Å²) in [6.45, 7) is 6.54. The molecule has 1 aliphatic rings. The number of fused-ring (bicyclic) bond motifs is 2. The van der Waals surface area contributed by atoms with Crippen LogP contribution in [0.3, 0.4) is 0 Å². The molecule has 1 aromatic carbocycles. The van der Waals surface area contributed by atoms with Crippen LogP contribution in [0.4, 0.5) is 15.9 Å². The second kappa shape index (κ2) is 5.63. The lowest BCUT2D eigenvalue weighted by Crippen LogP contribution is -2.04. The molecule has 0 bridgehead atoms. The number of nitrogen functional groups attached to an aromatic ring is 1. The van der Waals surface area contributed by atoms with Crippen LogP contribution in [0, 0.1) is 26.6 Å². The van der Waals surface area contributed by atoms with Crippen molar-refractivity contribution in [2.24, 2.45) is 0 Å². The fraction of sp³-hybridized carbons (Fsp3) is 0.294. The van der Waals surface area contributed by atoms with Crippen molar-refractivity contribution in [3.05, 3.63) is 40.7 Å². The number of hydrogen-bond donors (Lipinski definition) is 2. The maximum Gasteiger partial charge on any atom is 0.150 e. The van der Waals surface area contributed by atoms with Crippen molar-refractivity contribution in [1.29, 1.82) is 0 Å². The minimum atomic E-state index is -0.217. The summed E-state index contributed by atoms with van der Waals surface area (Å²) in [6.07, 6.45) is 0.686. The Morgan fingerprint density at radius 2 is 1.96 bits per heavy atom. The van der Waals surface area contributed by atoms with Gasteiger partial charge in [-0.2, -0.15) is 0 Å². The summed E-state index contributed by atoms with van der Waals surface area (Å²) in [7, 11) is 0. The third kappa shape index (κ3) is 2.13. The summed E-state index contributed by atoms with van der Waals surface area (Å²) < 4.78 is 16.9. The topological polar surface area (TPSA) is 68.2 Å². The zero-order chi connectivity index (χ0) is 16.3. The number of imidazole rings is 1. The molecule has 0 amide bonds. The van der Waals surface area contributed by atoms with E-state index < -0.39 is 0 Å². The van der Waals surface area contributed by atoms with Gasteiger partial charge in [0, 0.05) is 29.1 Å². The van der Waals surface area contributed by atoms with Crippen LogP contribution < -0.4 is 11.1 Å². The molecule has 0 saturated heterocycles. The number of anilines is 2. The van der Waals surface area contributed by atoms with Gasteiger partial charge in [-0.3, -0.25) is 4.40 Å². The van der Waals surface area contributed by atoms with Crippen LogP contribution in [-0.4, -0.2) is 20.9 Å². The van der Waals surface area contributed by atoms with Crippen LogP contribution in [0.25, 0.3) is 16.8 Å². The van der Waals surface area contributed by atoms with Gasteiger partial charge in [0.1, 0.15) is 28.7 Å². The highest BCUT2D eigenvalue weighted by molar-refractivity contribution is 5.87.